The van der Waals surface area contributed by atoms with Gasteiger partial charge in [0.25, 0.3) is 0 Å². The third kappa shape index (κ3) is 4.13. The van der Waals surface area contributed by atoms with Crippen LogP contribution < -0.4 is 0 Å². The van der Waals surface area contributed by atoms with Crippen molar-refractivity contribution < 1.29 is 4.79 Å². The lowest BCUT2D eigenvalue weighted by Crippen LogP contribution is -2.05. The van der Waals surface area contributed by atoms with Crippen molar-refractivity contribution in [1.82, 2.24) is 4.98 Å². The summed E-state index contributed by atoms with van der Waals surface area (Å²) >= 11 is 18.1. The second-order valence-corrected chi connectivity index (χ2v) is 8.09. The molecule has 5 heteroatoms. The molecule has 30 heavy (non-hydrogen) atoms. The summed E-state index contributed by atoms with van der Waals surface area (Å²) in [6, 6.07) is 20.5. The highest BCUT2D eigenvalue weighted by Gasteiger charge is 2.18. The van der Waals surface area contributed by atoms with Crippen LogP contribution >= 0.6 is 34.8 Å². The number of aryl methyl sites for hydroxylation is 1. The predicted octanol–water partition coefficient (Wildman–Crippen LogP) is 8.07. The Morgan fingerprint density at radius 1 is 0.900 bits per heavy atom. The quantitative estimate of drug-likeness (QED) is 0.231. The second-order valence-electron chi connectivity index (χ2n) is 6.84. The van der Waals surface area contributed by atoms with Gasteiger partial charge in [0, 0.05) is 21.7 Å². The van der Waals surface area contributed by atoms with Crippen molar-refractivity contribution in [3.8, 4) is 11.1 Å². The van der Waals surface area contributed by atoms with Crippen LogP contribution in [-0.4, -0.2) is 10.8 Å². The van der Waals surface area contributed by atoms with E-state index in [0.717, 1.165) is 27.6 Å². The van der Waals surface area contributed by atoms with E-state index in [1.54, 1.807) is 18.2 Å². The first-order chi connectivity index (χ1) is 14.4. The molecule has 0 aliphatic heterocycles. The molecule has 0 radical (unpaired) electrons. The van der Waals surface area contributed by atoms with Gasteiger partial charge in [-0.25, -0.2) is 0 Å². The lowest BCUT2D eigenvalue weighted by atomic mass is 9.92. The van der Waals surface area contributed by atoms with E-state index in [-0.39, 0.29) is 5.78 Å². The standard InChI is InChI=1S/C25H16Cl3NO/c1-15-24(23(30)13-7-16-6-12-20(27)21(28)14-16)25(17-8-10-18(26)11-9-17)19-4-2-3-5-22(19)29-15/h2-14H,1H3/b13-7+. The van der Waals surface area contributed by atoms with Crippen LogP contribution in [0.1, 0.15) is 21.6 Å². The van der Waals surface area contributed by atoms with E-state index in [0.29, 0.717) is 26.3 Å². The highest BCUT2D eigenvalue weighted by molar-refractivity contribution is 6.42. The topological polar surface area (TPSA) is 30.0 Å². The summed E-state index contributed by atoms with van der Waals surface area (Å²) < 4.78 is 0. The van der Waals surface area contributed by atoms with Gasteiger partial charge in [-0.15, -0.1) is 0 Å². The normalized spacial score (nSPS) is 11.3. The van der Waals surface area contributed by atoms with E-state index in [1.807, 2.05) is 61.5 Å². The summed E-state index contributed by atoms with van der Waals surface area (Å²) in [4.78, 5) is 17.9. The van der Waals surface area contributed by atoms with Crippen molar-refractivity contribution in [2.45, 2.75) is 6.92 Å². The SMILES string of the molecule is Cc1nc2ccccc2c(-c2ccc(Cl)cc2)c1C(=O)/C=C/c1ccc(Cl)c(Cl)c1. The second kappa shape index (κ2) is 8.61. The summed E-state index contributed by atoms with van der Waals surface area (Å²) in [6.45, 7) is 1.85. The molecule has 4 rings (SSSR count). The summed E-state index contributed by atoms with van der Waals surface area (Å²) in [6.07, 6.45) is 3.27. The molecule has 3 aromatic carbocycles. The molecule has 4 aromatic rings. The van der Waals surface area contributed by atoms with Crippen molar-refractivity contribution in [2.75, 3.05) is 0 Å². The van der Waals surface area contributed by atoms with Crippen molar-refractivity contribution in [1.29, 1.82) is 0 Å². The van der Waals surface area contributed by atoms with Crippen LogP contribution in [0.3, 0.4) is 0 Å². The maximum atomic E-state index is 13.3. The van der Waals surface area contributed by atoms with Crippen LogP contribution in [-0.2, 0) is 0 Å². The van der Waals surface area contributed by atoms with Gasteiger partial charge in [0.15, 0.2) is 5.78 Å². The summed E-state index contributed by atoms with van der Waals surface area (Å²) in [5.41, 5.74) is 4.61. The molecule has 148 valence electrons. The minimum absolute atomic E-state index is 0.137. The number of allylic oxidation sites excluding steroid dienone is 1. The molecular weight excluding hydrogens is 437 g/mol. The number of benzene rings is 3. The first-order valence-corrected chi connectivity index (χ1v) is 10.4. The summed E-state index contributed by atoms with van der Waals surface area (Å²) in [7, 11) is 0. The molecule has 0 amide bonds. The maximum Gasteiger partial charge on any atom is 0.188 e. The van der Waals surface area contributed by atoms with Crippen LogP contribution in [0.25, 0.3) is 28.1 Å². The van der Waals surface area contributed by atoms with Gasteiger partial charge in [0.1, 0.15) is 0 Å². The summed E-state index contributed by atoms with van der Waals surface area (Å²) in [5, 5.41) is 2.47. The van der Waals surface area contributed by atoms with Crippen LogP contribution in [0.5, 0.6) is 0 Å². The molecule has 2 nitrogen and oxygen atoms in total. The van der Waals surface area contributed by atoms with E-state index in [2.05, 4.69) is 4.98 Å². The third-order valence-electron chi connectivity index (χ3n) is 4.82. The molecule has 1 aromatic heterocycles. The number of rotatable bonds is 4. The third-order valence-corrected chi connectivity index (χ3v) is 5.81. The molecule has 1 heterocycles. The smallest absolute Gasteiger partial charge is 0.188 e. The molecule has 0 saturated heterocycles. The fourth-order valence-corrected chi connectivity index (χ4v) is 3.86. The van der Waals surface area contributed by atoms with Gasteiger partial charge in [0.2, 0.25) is 0 Å². The number of pyridine rings is 1. The Hall–Kier alpha value is -2.65. The number of ketones is 1. The number of halogens is 3. The molecule has 0 fully saturated rings. The fourth-order valence-electron chi connectivity index (χ4n) is 3.42. The van der Waals surface area contributed by atoms with Gasteiger partial charge < -0.3 is 0 Å². The molecule has 0 N–H and O–H groups in total. The number of aromatic nitrogens is 1. The van der Waals surface area contributed by atoms with Crippen molar-refractivity contribution >= 4 is 57.6 Å². The fraction of sp³-hybridized carbons (Fsp3) is 0.0400. The Kier molecular flexibility index (Phi) is 5.92. The highest BCUT2D eigenvalue weighted by atomic mass is 35.5. The van der Waals surface area contributed by atoms with E-state index in [4.69, 9.17) is 34.8 Å². The molecular formula is C25H16Cl3NO. The average molecular weight is 453 g/mol. The minimum Gasteiger partial charge on any atom is -0.289 e. The molecule has 0 bridgehead atoms. The van der Waals surface area contributed by atoms with Gasteiger partial charge in [-0.05, 0) is 54.5 Å². The number of carbonyl (C=O) groups is 1. The number of nitrogens with zero attached hydrogens (tertiary/aromatic N) is 1. The van der Waals surface area contributed by atoms with Gasteiger partial charge in [-0.2, -0.15) is 0 Å². The molecule has 0 aliphatic carbocycles. The molecule has 0 spiro atoms. The van der Waals surface area contributed by atoms with Gasteiger partial charge in [-0.3, -0.25) is 9.78 Å². The van der Waals surface area contributed by atoms with Gasteiger partial charge in [0.05, 0.1) is 21.1 Å². The number of fused-ring (bicyclic) bond motifs is 1. The maximum absolute atomic E-state index is 13.3. The van der Waals surface area contributed by atoms with Crippen molar-refractivity contribution in [3.63, 3.8) is 0 Å². The van der Waals surface area contributed by atoms with E-state index >= 15 is 0 Å². The minimum atomic E-state index is -0.137. The van der Waals surface area contributed by atoms with E-state index in [1.165, 1.54) is 6.08 Å². The molecule has 0 atom stereocenters. The Bertz CT molecular complexity index is 1290. The van der Waals surface area contributed by atoms with Crippen LogP contribution in [0.15, 0.2) is 72.8 Å². The number of para-hydroxylation sites is 1. The number of carbonyl (C=O) groups excluding carboxylic acids is 1. The lowest BCUT2D eigenvalue weighted by Gasteiger charge is -2.14. The van der Waals surface area contributed by atoms with Crippen molar-refractivity contribution in [2.24, 2.45) is 0 Å². The Labute approximate surface area is 189 Å². The number of hydrogen-bond acceptors (Lipinski definition) is 2. The Morgan fingerprint density at radius 3 is 2.37 bits per heavy atom. The largest absolute Gasteiger partial charge is 0.289 e. The van der Waals surface area contributed by atoms with Gasteiger partial charge >= 0.3 is 0 Å². The average Bonchev–Trinajstić information content (AvgIpc) is 2.74. The van der Waals surface area contributed by atoms with Crippen LogP contribution in [0.4, 0.5) is 0 Å². The zero-order valence-corrected chi connectivity index (χ0v) is 18.3. The summed E-state index contributed by atoms with van der Waals surface area (Å²) in [5.74, 6) is -0.137. The predicted molar refractivity (Wildman–Crippen MR) is 127 cm³/mol. The monoisotopic (exact) mass is 451 g/mol. The van der Waals surface area contributed by atoms with Gasteiger partial charge in [-0.1, -0.05) is 77.3 Å². The van der Waals surface area contributed by atoms with Crippen LogP contribution in [0.2, 0.25) is 15.1 Å². The van der Waals surface area contributed by atoms with E-state index < -0.39 is 0 Å². The number of hydrogen-bond donors (Lipinski definition) is 0. The lowest BCUT2D eigenvalue weighted by molar-refractivity contribution is 0.104. The molecule has 0 saturated carbocycles. The molecule has 0 aliphatic rings. The first-order valence-electron chi connectivity index (χ1n) is 9.27. The van der Waals surface area contributed by atoms with Crippen molar-refractivity contribution in [3.05, 3.63) is 105 Å². The van der Waals surface area contributed by atoms with E-state index in [9.17, 15) is 4.79 Å². The Morgan fingerprint density at radius 2 is 1.63 bits per heavy atom. The Balaban J connectivity index is 1.87. The zero-order valence-electron chi connectivity index (χ0n) is 16.0. The molecule has 0 unspecified atom stereocenters. The highest BCUT2D eigenvalue weighted by Crippen LogP contribution is 2.34. The van der Waals surface area contributed by atoms with Crippen LogP contribution in [0, 0.1) is 6.92 Å². The zero-order chi connectivity index (χ0) is 21.3. The first kappa shape index (κ1) is 20.6.